The highest BCUT2D eigenvalue weighted by molar-refractivity contribution is 7.07. The maximum Gasteiger partial charge on any atom is 0.317 e. The number of nitrogens with one attached hydrogen (secondary N) is 1. The molecule has 1 heterocycles. The van der Waals surface area contributed by atoms with Crippen LogP contribution in [0.25, 0.3) is 0 Å². The molecule has 0 aliphatic carbocycles. The largest absolute Gasteiger partial charge is 0.489 e. The van der Waals surface area contributed by atoms with Gasteiger partial charge in [-0.15, -0.1) is 11.3 Å². The number of nitrogens with zero attached hydrogens (tertiary/aromatic N) is 2. The first kappa shape index (κ1) is 16.6. The molecule has 118 valence electrons. The lowest BCUT2D eigenvalue weighted by molar-refractivity contribution is 0.188. The van der Waals surface area contributed by atoms with Crippen molar-refractivity contribution in [1.82, 2.24) is 15.2 Å². The third-order valence-electron chi connectivity index (χ3n) is 2.92. The average molecular weight is 340 g/mol. The van der Waals surface area contributed by atoms with Gasteiger partial charge in [-0.05, 0) is 31.2 Å². The summed E-state index contributed by atoms with van der Waals surface area (Å²) in [5.41, 5.74) is 2.64. The summed E-state index contributed by atoms with van der Waals surface area (Å²) in [5, 5.41) is 5.43. The Hall–Kier alpha value is -1.79. The topological polar surface area (TPSA) is 54.5 Å². The summed E-state index contributed by atoms with van der Waals surface area (Å²) < 4.78 is 5.70. The summed E-state index contributed by atoms with van der Waals surface area (Å²) >= 11 is 7.34. The van der Waals surface area contributed by atoms with E-state index in [-0.39, 0.29) is 12.1 Å². The molecule has 0 aliphatic heterocycles. The van der Waals surface area contributed by atoms with Gasteiger partial charge < -0.3 is 15.0 Å². The van der Waals surface area contributed by atoms with Gasteiger partial charge in [0.25, 0.3) is 0 Å². The molecule has 0 bridgehead atoms. The van der Waals surface area contributed by atoms with Crippen LogP contribution >= 0.6 is 22.9 Å². The Morgan fingerprint density at radius 3 is 2.82 bits per heavy atom. The lowest BCUT2D eigenvalue weighted by Gasteiger charge is -2.20. The minimum absolute atomic E-state index is 0.141. The van der Waals surface area contributed by atoms with E-state index in [0.717, 1.165) is 11.4 Å². The number of carbonyl (C=O) groups excluding carboxylic acids is 1. The quantitative estimate of drug-likeness (QED) is 0.877. The molecule has 7 heteroatoms. The second-order valence-electron chi connectivity index (χ2n) is 4.90. The van der Waals surface area contributed by atoms with Crippen LogP contribution in [0.1, 0.15) is 12.6 Å². The lowest BCUT2D eigenvalue weighted by Crippen LogP contribution is -2.41. The standard InChI is InChI=1S/C15H18ClN3O2S/c1-11(21-14-5-3-12(16)4-6-14)7-17-15(20)19(2)8-13-9-22-10-18-13/h3-6,9-11H,7-8H2,1-2H3,(H,17,20)/t11-/m0/s1. The summed E-state index contributed by atoms with van der Waals surface area (Å²) in [4.78, 5) is 17.7. The van der Waals surface area contributed by atoms with Gasteiger partial charge in [0.1, 0.15) is 11.9 Å². The van der Waals surface area contributed by atoms with Crippen LogP contribution in [0, 0.1) is 0 Å². The molecule has 0 radical (unpaired) electrons. The molecule has 2 rings (SSSR count). The van der Waals surface area contributed by atoms with E-state index in [1.165, 1.54) is 11.3 Å². The highest BCUT2D eigenvalue weighted by Gasteiger charge is 2.12. The fraction of sp³-hybridized carbons (Fsp3) is 0.333. The molecule has 0 unspecified atom stereocenters. The van der Waals surface area contributed by atoms with Crippen LogP contribution in [0.2, 0.25) is 5.02 Å². The van der Waals surface area contributed by atoms with Crippen molar-refractivity contribution < 1.29 is 9.53 Å². The predicted octanol–water partition coefficient (Wildman–Crippen LogP) is 3.41. The van der Waals surface area contributed by atoms with Crippen LogP contribution in [0.3, 0.4) is 0 Å². The molecule has 2 aromatic rings. The van der Waals surface area contributed by atoms with Crippen molar-refractivity contribution in [2.75, 3.05) is 13.6 Å². The normalized spacial score (nSPS) is 11.8. The van der Waals surface area contributed by atoms with Gasteiger partial charge in [0, 0.05) is 17.5 Å². The number of hydrogen-bond acceptors (Lipinski definition) is 4. The van der Waals surface area contributed by atoms with Crippen LogP contribution in [0.5, 0.6) is 5.75 Å². The number of rotatable bonds is 6. The number of hydrogen-bond donors (Lipinski definition) is 1. The molecule has 0 spiro atoms. The van der Waals surface area contributed by atoms with E-state index in [2.05, 4.69) is 10.3 Å². The zero-order valence-corrected chi connectivity index (χ0v) is 14.0. The first-order chi connectivity index (χ1) is 10.5. The van der Waals surface area contributed by atoms with Gasteiger partial charge in [-0.1, -0.05) is 11.6 Å². The number of halogens is 1. The van der Waals surface area contributed by atoms with Crippen LogP contribution in [0.15, 0.2) is 35.2 Å². The Morgan fingerprint density at radius 1 is 1.45 bits per heavy atom. The van der Waals surface area contributed by atoms with Gasteiger partial charge in [0.05, 0.1) is 24.3 Å². The zero-order valence-electron chi connectivity index (χ0n) is 12.5. The molecule has 22 heavy (non-hydrogen) atoms. The SMILES string of the molecule is C[C@@H](CNC(=O)N(C)Cc1cscn1)Oc1ccc(Cl)cc1. The monoisotopic (exact) mass is 339 g/mol. The van der Waals surface area contributed by atoms with Gasteiger partial charge in [-0.3, -0.25) is 0 Å². The Labute approximate surface area is 138 Å². The van der Waals surface area contributed by atoms with E-state index in [1.54, 1.807) is 41.7 Å². The van der Waals surface area contributed by atoms with E-state index in [0.29, 0.717) is 18.1 Å². The molecule has 1 aromatic heterocycles. The zero-order chi connectivity index (χ0) is 15.9. The van der Waals surface area contributed by atoms with Crippen molar-refractivity contribution in [3.8, 4) is 5.75 Å². The number of aromatic nitrogens is 1. The highest BCUT2D eigenvalue weighted by Crippen LogP contribution is 2.16. The van der Waals surface area contributed by atoms with Crippen molar-refractivity contribution in [1.29, 1.82) is 0 Å². The second kappa shape index (κ2) is 8.00. The number of ether oxygens (including phenoxy) is 1. The molecule has 1 atom stereocenters. The number of amides is 2. The van der Waals surface area contributed by atoms with E-state index in [1.807, 2.05) is 12.3 Å². The van der Waals surface area contributed by atoms with Crippen LogP contribution < -0.4 is 10.1 Å². The third-order valence-corrected chi connectivity index (χ3v) is 3.81. The molecule has 1 aromatic carbocycles. The Balaban J connectivity index is 1.74. The fourth-order valence-electron chi connectivity index (χ4n) is 1.78. The molecule has 0 aliphatic rings. The maximum atomic E-state index is 12.0. The fourth-order valence-corrected chi connectivity index (χ4v) is 2.46. The smallest absolute Gasteiger partial charge is 0.317 e. The third kappa shape index (κ3) is 5.20. The Bertz CT molecular complexity index is 589. The molecule has 0 saturated carbocycles. The van der Waals surface area contributed by atoms with E-state index < -0.39 is 0 Å². The molecule has 2 amide bonds. The van der Waals surface area contributed by atoms with Crippen LogP contribution in [-0.2, 0) is 6.54 Å². The summed E-state index contributed by atoms with van der Waals surface area (Å²) in [5.74, 6) is 0.724. The minimum atomic E-state index is -0.153. The van der Waals surface area contributed by atoms with Gasteiger partial charge in [0.15, 0.2) is 0 Å². The highest BCUT2D eigenvalue weighted by atomic mass is 35.5. The first-order valence-corrected chi connectivity index (χ1v) is 8.15. The van der Waals surface area contributed by atoms with Crippen molar-refractivity contribution in [3.63, 3.8) is 0 Å². The van der Waals surface area contributed by atoms with Gasteiger partial charge >= 0.3 is 6.03 Å². The molecule has 0 saturated heterocycles. The van der Waals surface area contributed by atoms with Crippen molar-refractivity contribution in [2.24, 2.45) is 0 Å². The predicted molar refractivity (Wildman–Crippen MR) is 88.5 cm³/mol. The van der Waals surface area contributed by atoms with Crippen LogP contribution in [0.4, 0.5) is 4.79 Å². The van der Waals surface area contributed by atoms with Crippen molar-refractivity contribution in [2.45, 2.75) is 19.6 Å². The second-order valence-corrected chi connectivity index (χ2v) is 6.06. The number of carbonyl (C=O) groups is 1. The Morgan fingerprint density at radius 2 is 2.18 bits per heavy atom. The molecular weight excluding hydrogens is 322 g/mol. The number of urea groups is 1. The summed E-state index contributed by atoms with van der Waals surface area (Å²) in [6.45, 7) is 2.81. The average Bonchev–Trinajstić information content (AvgIpc) is 3.00. The lowest BCUT2D eigenvalue weighted by atomic mass is 10.3. The van der Waals surface area contributed by atoms with E-state index in [9.17, 15) is 4.79 Å². The van der Waals surface area contributed by atoms with E-state index >= 15 is 0 Å². The summed E-state index contributed by atoms with van der Waals surface area (Å²) in [6, 6.07) is 6.98. The Kier molecular flexibility index (Phi) is 6.03. The van der Waals surface area contributed by atoms with Crippen molar-refractivity contribution >= 4 is 29.0 Å². The maximum absolute atomic E-state index is 12.0. The van der Waals surface area contributed by atoms with Gasteiger partial charge in [-0.2, -0.15) is 0 Å². The molecule has 0 fully saturated rings. The van der Waals surface area contributed by atoms with Gasteiger partial charge in [0.2, 0.25) is 0 Å². The summed E-state index contributed by atoms with van der Waals surface area (Å²) in [6.07, 6.45) is -0.141. The van der Waals surface area contributed by atoms with Crippen molar-refractivity contribution in [3.05, 3.63) is 45.9 Å². The van der Waals surface area contributed by atoms with E-state index in [4.69, 9.17) is 16.3 Å². The molecule has 1 N–H and O–H groups in total. The summed E-state index contributed by atoms with van der Waals surface area (Å²) in [7, 11) is 1.74. The molecule has 5 nitrogen and oxygen atoms in total. The van der Waals surface area contributed by atoms with Crippen LogP contribution in [-0.4, -0.2) is 35.6 Å². The molecular formula is C15H18ClN3O2S. The minimum Gasteiger partial charge on any atom is -0.489 e. The first-order valence-electron chi connectivity index (χ1n) is 6.83. The number of benzene rings is 1. The van der Waals surface area contributed by atoms with Gasteiger partial charge in [-0.25, -0.2) is 9.78 Å². The number of thiazole rings is 1.